The standard InChI is InChI=1S/C18H20O/c19-18(16-11-5-2-6-12-16)14-8-7-13-17(18)15-9-3-1-4-10-15/h1-6,9-12,17,19H,7-8,13-14H2/i14D2,17D. The van der Waals surface area contributed by atoms with Crippen LogP contribution in [0.1, 0.15) is 46.8 Å². The van der Waals surface area contributed by atoms with Gasteiger partial charge in [-0.2, -0.15) is 0 Å². The van der Waals surface area contributed by atoms with Gasteiger partial charge in [-0.1, -0.05) is 73.5 Å². The molecule has 0 spiro atoms. The van der Waals surface area contributed by atoms with Crippen molar-refractivity contribution < 1.29 is 9.22 Å². The van der Waals surface area contributed by atoms with Crippen LogP contribution in [0.25, 0.3) is 0 Å². The highest BCUT2D eigenvalue weighted by Gasteiger charge is 2.40. The largest absolute Gasteiger partial charge is 0.385 e. The van der Waals surface area contributed by atoms with Crippen molar-refractivity contribution >= 4 is 0 Å². The van der Waals surface area contributed by atoms with Crippen molar-refractivity contribution in [3.63, 3.8) is 0 Å². The Balaban J connectivity index is 2.24. The van der Waals surface area contributed by atoms with Gasteiger partial charge in [0, 0.05) is 10.0 Å². The van der Waals surface area contributed by atoms with E-state index in [-0.39, 0.29) is 6.42 Å². The Morgan fingerprint density at radius 3 is 2.32 bits per heavy atom. The van der Waals surface area contributed by atoms with E-state index >= 15 is 0 Å². The number of benzene rings is 2. The third kappa shape index (κ3) is 2.31. The van der Waals surface area contributed by atoms with Gasteiger partial charge in [0.2, 0.25) is 0 Å². The van der Waals surface area contributed by atoms with Gasteiger partial charge in [-0.05, 0) is 23.9 Å². The van der Waals surface area contributed by atoms with Crippen LogP contribution in [-0.2, 0) is 5.60 Å². The van der Waals surface area contributed by atoms with E-state index in [1.807, 2.05) is 36.4 Å². The summed E-state index contributed by atoms with van der Waals surface area (Å²) in [6, 6.07) is 18.0. The average molecular weight is 255 g/mol. The molecule has 19 heavy (non-hydrogen) atoms. The molecule has 2 atom stereocenters. The SMILES string of the molecule is [2H]C1([2H])CCCC([2H])(c2ccccc2)C1(O)c1ccccc1. The molecular weight excluding hydrogens is 232 g/mol. The lowest BCUT2D eigenvalue weighted by molar-refractivity contribution is -0.0224. The summed E-state index contributed by atoms with van der Waals surface area (Å²) < 4.78 is 25.9. The van der Waals surface area contributed by atoms with Crippen molar-refractivity contribution in [3.05, 3.63) is 71.8 Å². The Hall–Kier alpha value is -1.60. The van der Waals surface area contributed by atoms with E-state index < -0.39 is 17.9 Å². The van der Waals surface area contributed by atoms with E-state index in [0.29, 0.717) is 24.0 Å². The lowest BCUT2D eigenvalue weighted by atomic mass is 9.69. The summed E-state index contributed by atoms with van der Waals surface area (Å²) in [6.45, 7) is 0. The number of rotatable bonds is 2. The highest BCUT2D eigenvalue weighted by Crippen LogP contribution is 2.47. The maximum Gasteiger partial charge on any atom is 0.0964 e. The molecule has 2 aromatic carbocycles. The molecule has 0 saturated heterocycles. The monoisotopic (exact) mass is 255 g/mol. The van der Waals surface area contributed by atoms with Crippen molar-refractivity contribution in [1.82, 2.24) is 0 Å². The van der Waals surface area contributed by atoms with E-state index in [4.69, 9.17) is 4.11 Å². The van der Waals surface area contributed by atoms with Crippen LogP contribution in [0.5, 0.6) is 0 Å². The van der Waals surface area contributed by atoms with Crippen LogP contribution in [0, 0.1) is 0 Å². The first kappa shape index (κ1) is 9.33. The lowest BCUT2D eigenvalue weighted by Crippen LogP contribution is -2.36. The molecule has 0 aliphatic heterocycles. The average Bonchev–Trinajstić information content (AvgIpc) is 2.54. The topological polar surface area (TPSA) is 20.2 Å². The maximum atomic E-state index is 11.5. The quantitative estimate of drug-likeness (QED) is 0.851. The second-order valence-corrected chi connectivity index (χ2v) is 4.95. The maximum absolute atomic E-state index is 11.5. The highest BCUT2D eigenvalue weighted by atomic mass is 16.3. The molecule has 1 saturated carbocycles. The van der Waals surface area contributed by atoms with Gasteiger partial charge in [0.05, 0.1) is 5.60 Å². The summed E-state index contributed by atoms with van der Waals surface area (Å²) >= 11 is 0. The summed E-state index contributed by atoms with van der Waals surface area (Å²) in [4.78, 5) is 0. The number of hydrogen-bond donors (Lipinski definition) is 1. The Morgan fingerprint density at radius 1 is 1.00 bits per heavy atom. The zero-order chi connectivity index (χ0) is 15.8. The molecule has 0 heterocycles. The van der Waals surface area contributed by atoms with Crippen LogP contribution in [0.15, 0.2) is 60.7 Å². The molecule has 2 unspecified atom stereocenters. The first-order valence-corrected chi connectivity index (χ1v) is 6.75. The van der Waals surface area contributed by atoms with Gasteiger partial charge in [-0.25, -0.2) is 0 Å². The molecule has 1 fully saturated rings. The normalized spacial score (nSPS) is 35.9. The van der Waals surface area contributed by atoms with Gasteiger partial charge in [0.25, 0.3) is 0 Å². The number of hydrogen-bond acceptors (Lipinski definition) is 1. The fourth-order valence-corrected chi connectivity index (χ4v) is 2.77. The molecule has 3 rings (SSSR count). The predicted octanol–water partition coefficient (Wildman–Crippen LogP) is 4.23. The lowest BCUT2D eigenvalue weighted by Gasteiger charge is -2.41. The van der Waals surface area contributed by atoms with Gasteiger partial charge in [-0.15, -0.1) is 0 Å². The second-order valence-electron chi connectivity index (χ2n) is 4.95. The minimum Gasteiger partial charge on any atom is -0.385 e. The molecule has 0 bridgehead atoms. The van der Waals surface area contributed by atoms with E-state index in [1.165, 1.54) is 0 Å². The molecule has 1 heteroatoms. The van der Waals surface area contributed by atoms with Crippen LogP contribution < -0.4 is 0 Å². The molecule has 1 aliphatic rings. The molecule has 0 aromatic heterocycles. The third-order valence-corrected chi connectivity index (χ3v) is 3.73. The van der Waals surface area contributed by atoms with Gasteiger partial charge < -0.3 is 5.11 Å². The second kappa shape index (κ2) is 5.18. The van der Waals surface area contributed by atoms with Gasteiger partial charge in [-0.3, -0.25) is 0 Å². The minimum absolute atomic E-state index is 0.256. The van der Waals surface area contributed by atoms with Crippen LogP contribution in [-0.4, -0.2) is 5.11 Å². The van der Waals surface area contributed by atoms with Crippen molar-refractivity contribution in [2.24, 2.45) is 0 Å². The molecule has 1 N–H and O–H groups in total. The zero-order valence-corrected chi connectivity index (χ0v) is 10.8. The van der Waals surface area contributed by atoms with Crippen molar-refractivity contribution in [1.29, 1.82) is 0 Å². The Bertz CT molecular complexity index is 644. The molecule has 0 amide bonds. The van der Waals surface area contributed by atoms with Gasteiger partial charge >= 0.3 is 0 Å². The first-order valence-electron chi connectivity index (χ1n) is 8.25. The highest BCUT2D eigenvalue weighted by molar-refractivity contribution is 5.32. The summed E-state index contributed by atoms with van der Waals surface area (Å²) in [5, 5.41) is 11.5. The van der Waals surface area contributed by atoms with Gasteiger partial charge in [0.1, 0.15) is 0 Å². The third-order valence-electron chi connectivity index (χ3n) is 3.73. The van der Waals surface area contributed by atoms with Crippen LogP contribution in [0.3, 0.4) is 0 Å². The molecule has 1 aliphatic carbocycles. The molecule has 0 radical (unpaired) electrons. The van der Waals surface area contributed by atoms with Crippen LogP contribution in [0.2, 0.25) is 0 Å². The summed E-state index contributed by atoms with van der Waals surface area (Å²) in [5.41, 5.74) is -0.746. The first-order chi connectivity index (χ1) is 10.4. The Kier molecular flexibility index (Phi) is 2.54. The fraction of sp³-hybridized carbons (Fsp3) is 0.333. The summed E-state index contributed by atoms with van der Waals surface area (Å²) in [5.74, 6) is -1.41. The van der Waals surface area contributed by atoms with Crippen LogP contribution >= 0.6 is 0 Å². The van der Waals surface area contributed by atoms with E-state index in [9.17, 15) is 5.11 Å². The van der Waals surface area contributed by atoms with E-state index in [0.717, 1.165) is 0 Å². The summed E-state index contributed by atoms with van der Waals surface area (Å²) in [6.07, 6.45) is -0.585. The molecule has 2 aromatic rings. The van der Waals surface area contributed by atoms with Crippen molar-refractivity contribution in [2.45, 2.75) is 37.1 Å². The van der Waals surface area contributed by atoms with Crippen molar-refractivity contribution in [3.8, 4) is 0 Å². The predicted molar refractivity (Wildman–Crippen MR) is 78.0 cm³/mol. The Labute approximate surface area is 119 Å². The molecular formula is C18H20O. The Morgan fingerprint density at radius 2 is 1.63 bits per heavy atom. The summed E-state index contributed by atoms with van der Waals surface area (Å²) in [7, 11) is 0. The van der Waals surface area contributed by atoms with Crippen LogP contribution in [0.4, 0.5) is 0 Å². The molecule has 1 nitrogen and oxygen atoms in total. The molecule has 98 valence electrons. The van der Waals surface area contributed by atoms with Gasteiger partial charge in [0.15, 0.2) is 0 Å². The number of aliphatic hydroxyl groups is 1. The zero-order valence-electron chi connectivity index (χ0n) is 13.8. The van der Waals surface area contributed by atoms with Crippen molar-refractivity contribution in [2.75, 3.05) is 0 Å². The minimum atomic E-state index is -1.87. The fourth-order valence-electron chi connectivity index (χ4n) is 2.77. The van der Waals surface area contributed by atoms with E-state index in [1.54, 1.807) is 24.3 Å². The smallest absolute Gasteiger partial charge is 0.0964 e. The van der Waals surface area contributed by atoms with E-state index in [2.05, 4.69) is 0 Å².